The molecule has 2 rings (SSSR count). The van der Waals surface area contributed by atoms with E-state index < -0.39 is 0 Å². The van der Waals surface area contributed by atoms with Gasteiger partial charge in [-0.05, 0) is 31.7 Å². The Kier molecular flexibility index (Phi) is 4.91. The van der Waals surface area contributed by atoms with E-state index in [1.165, 1.54) is 6.07 Å². The summed E-state index contributed by atoms with van der Waals surface area (Å²) in [5.74, 6) is -0.185. The number of halogens is 1. The van der Waals surface area contributed by atoms with Crippen LogP contribution in [0.15, 0.2) is 24.3 Å². The normalized spacial score (nSPS) is 14.4. The van der Waals surface area contributed by atoms with Crippen LogP contribution in [0.3, 0.4) is 0 Å². The predicted molar refractivity (Wildman–Crippen MR) is 70.9 cm³/mol. The molecule has 1 aliphatic carbocycles. The number of carbonyl (C=O) groups is 1. The molecule has 0 aromatic heterocycles. The van der Waals surface area contributed by atoms with E-state index in [0.29, 0.717) is 31.4 Å². The van der Waals surface area contributed by atoms with Gasteiger partial charge in [0.1, 0.15) is 5.82 Å². The van der Waals surface area contributed by atoms with Crippen LogP contribution in [0.2, 0.25) is 0 Å². The fourth-order valence-electron chi connectivity index (χ4n) is 2.15. The van der Waals surface area contributed by atoms with Crippen LogP contribution < -0.4 is 0 Å². The minimum absolute atomic E-state index is 0.0687. The van der Waals surface area contributed by atoms with E-state index >= 15 is 0 Å². The average molecular weight is 265 g/mol. The van der Waals surface area contributed by atoms with Crippen LogP contribution in [-0.4, -0.2) is 28.6 Å². The van der Waals surface area contributed by atoms with Gasteiger partial charge < -0.3 is 10.0 Å². The number of amides is 1. The number of unbranched alkanes of at least 4 members (excludes halogenated alkanes) is 1. The second-order valence-corrected chi connectivity index (χ2v) is 5.02. The third kappa shape index (κ3) is 4.03. The first-order valence-corrected chi connectivity index (χ1v) is 6.86. The molecule has 104 valence electrons. The zero-order chi connectivity index (χ0) is 13.7. The van der Waals surface area contributed by atoms with Gasteiger partial charge in [-0.25, -0.2) is 4.39 Å². The second kappa shape index (κ2) is 6.66. The van der Waals surface area contributed by atoms with Crippen molar-refractivity contribution >= 4 is 5.91 Å². The van der Waals surface area contributed by atoms with Gasteiger partial charge in [0.05, 0.1) is 0 Å². The largest absolute Gasteiger partial charge is 0.396 e. The lowest BCUT2D eigenvalue weighted by molar-refractivity contribution is -0.132. The van der Waals surface area contributed by atoms with Crippen LogP contribution >= 0.6 is 0 Å². The molecule has 0 atom stereocenters. The highest BCUT2D eigenvalue weighted by Gasteiger charge is 2.32. The standard InChI is InChI=1S/C15H20FNO2/c16-14-6-2-1-5-12(14)11-17(13-8-9-13)15(19)7-3-4-10-18/h1-2,5-6,13,18H,3-4,7-11H2. The molecule has 0 spiro atoms. The monoisotopic (exact) mass is 265 g/mol. The van der Waals surface area contributed by atoms with Crippen LogP contribution in [0.5, 0.6) is 0 Å². The van der Waals surface area contributed by atoms with Crippen LogP contribution in [0, 0.1) is 5.82 Å². The molecule has 1 aliphatic rings. The van der Waals surface area contributed by atoms with Crippen molar-refractivity contribution in [1.29, 1.82) is 0 Å². The van der Waals surface area contributed by atoms with Gasteiger partial charge in [-0.3, -0.25) is 4.79 Å². The molecule has 1 N–H and O–H groups in total. The summed E-state index contributed by atoms with van der Waals surface area (Å²) in [5.41, 5.74) is 0.574. The van der Waals surface area contributed by atoms with E-state index in [0.717, 1.165) is 12.8 Å². The Balaban J connectivity index is 1.96. The lowest BCUT2D eigenvalue weighted by Crippen LogP contribution is -2.32. The number of rotatable bonds is 7. The van der Waals surface area contributed by atoms with Gasteiger partial charge in [0.25, 0.3) is 0 Å². The van der Waals surface area contributed by atoms with Crippen molar-refractivity contribution in [3.63, 3.8) is 0 Å². The number of aliphatic hydroxyl groups is 1. The second-order valence-electron chi connectivity index (χ2n) is 5.02. The Labute approximate surface area is 113 Å². The molecule has 0 heterocycles. The lowest BCUT2D eigenvalue weighted by Gasteiger charge is -2.23. The Hall–Kier alpha value is -1.42. The zero-order valence-electron chi connectivity index (χ0n) is 11.0. The van der Waals surface area contributed by atoms with Gasteiger partial charge in [-0.15, -0.1) is 0 Å². The molecular formula is C15H20FNO2. The summed E-state index contributed by atoms with van der Waals surface area (Å²) in [6.45, 7) is 0.472. The van der Waals surface area contributed by atoms with Crippen molar-refractivity contribution in [2.75, 3.05) is 6.61 Å². The summed E-state index contributed by atoms with van der Waals surface area (Å²) >= 11 is 0. The number of hydrogen-bond acceptors (Lipinski definition) is 2. The van der Waals surface area contributed by atoms with Gasteiger partial charge in [-0.1, -0.05) is 18.2 Å². The molecule has 1 aromatic carbocycles. The van der Waals surface area contributed by atoms with E-state index in [4.69, 9.17) is 5.11 Å². The fraction of sp³-hybridized carbons (Fsp3) is 0.533. The van der Waals surface area contributed by atoms with Gasteiger partial charge in [0.2, 0.25) is 5.91 Å². The molecule has 0 saturated heterocycles. The topological polar surface area (TPSA) is 40.5 Å². The first-order chi connectivity index (χ1) is 9.22. The Bertz CT molecular complexity index is 432. The Morgan fingerprint density at radius 1 is 1.32 bits per heavy atom. The number of aliphatic hydroxyl groups excluding tert-OH is 1. The maximum absolute atomic E-state index is 13.6. The molecule has 4 heteroatoms. The molecular weight excluding hydrogens is 245 g/mol. The fourth-order valence-corrected chi connectivity index (χ4v) is 2.15. The number of nitrogens with zero attached hydrogens (tertiary/aromatic N) is 1. The van der Waals surface area contributed by atoms with Crippen LogP contribution in [0.4, 0.5) is 4.39 Å². The number of benzene rings is 1. The van der Waals surface area contributed by atoms with E-state index in [1.54, 1.807) is 23.1 Å². The van der Waals surface area contributed by atoms with Crippen molar-refractivity contribution in [1.82, 2.24) is 4.90 Å². The van der Waals surface area contributed by atoms with Gasteiger partial charge in [0.15, 0.2) is 0 Å². The van der Waals surface area contributed by atoms with Crippen molar-refractivity contribution in [2.45, 2.75) is 44.7 Å². The molecule has 1 fully saturated rings. The molecule has 3 nitrogen and oxygen atoms in total. The molecule has 0 radical (unpaired) electrons. The summed E-state index contributed by atoms with van der Waals surface area (Å²) in [6, 6.07) is 6.88. The molecule has 1 saturated carbocycles. The summed E-state index contributed by atoms with van der Waals surface area (Å²) in [5, 5.41) is 8.74. The lowest BCUT2D eigenvalue weighted by atomic mass is 10.1. The molecule has 0 aliphatic heterocycles. The molecule has 1 amide bonds. The van der Waals surface area contributed by atoms with Crippen molar-refractivity contribution in [2.24, 2.45) is 0 Å². The van der Waals surface area contributed by atoms with E-state index in [1.807, 2.05) is 0 Å². The van der Waals surface area contributed by atoms with Crippen molar-refractivity contribution < 1.29 is 14.3 Å². The Morgan fingerprint density at radius 2 is 2.05 bits per heavy atom. The van der Waals surface area contributed by atoms with E-state index in [2.05, 4.69) is 0 Å². The highest BCUT2D eigenvalue weighted by Crippen LogP contribution is 2.29. The SMILES string of the molecule is O=C(CCCCO)N(Cc1ccccc1F)C1CC1. The number of carbonyl (C=O) groups excluding carboxylic acids is 1. The minimum atomic E-state index is -0.253. The molecule has 19 heavy (non-hydrogen) atoms. The molecule has 0 unspecified atom stereocenters. The van der Waals surface area contributed by atoms with Crippen LogP contribution in [-0.2, 0) is 11.3 Å². The zero-order valence-corrected chi connectivity index (χ0v) is 11.0. The molecule has 1 aromatic rings. The van der Waals surface area contributed by atoms with Crippen molar-refractivity contribution in [3.05, 3.63) is 35.6 Å². The maximum Gasteiger partial charge on any atom is 0.223 e. The maximum atomic E-state index is 13.6. The first-order valence-electron chi connectivity index (χ1n) is 6.86. The minimum Gasteiger partial charge on any atom is -0.396 e. The van der Waals surface area contributed by atoms with E-state index in [9.17, 15) is 9.18 Å². The third-order valence-electron chi connectivity index (χ3n) is 3.41. The summed E-state index contributed by atoms with van der Waals surface area (Å²) < 4.78 is 13.6. The predicted octanol–water partition coefficient (Wildman–Crippen LogP) is 2.48. The quantitative estimate of drug-likeness (QED) is 0.769. The Morgan fingerprint density at radius 3 is 2.68 bits per heavy atom. The summed E-state index contributed by atoms with van der Waals surface area (Å²) in [6.07, 6.45) is 3.80. The highest BCUT2D eigenvalue weighted by atomic mass is 19.1. The smallest absolute Gasteiger partial charge is 0.223 e. The van der Waals surface area contributed by atoms with Gasteiger partial charge >= 0.3 is 0 Å². The average Bonchev–Trinajstić information content (AvgIpc) is 3.22. The van der Waals surface area contributed by atoms with E-state index in [-0.39, 0.29) is 24.4 Å². The molecule has 0 bridgehead atoms. The van der Waals surface area contributed by atoms with Crippen LogP contribution in [0.25, 0.3) is 0 Å². The number of hydrogen-bond donors (Lipinski definition) is 1. The summed E-state index contributed by atoms with van der Waals surface area (Å²) in [4.78, 5) is 13.9. The highest BCUT2D eigenvalue weighted by molar-refractivity contribution is 5.76. The van der Waals surface area contributed by atoms with Gasteiger partial charge in [0, 0.05) is 31.2 Å². The van der Waals surface area contributed by atoms with Crippen LogP contribution in [0.1, 0.15) is 37.7 Å². The van der Waals surface area contributed by atoms with Gasteiger partial charge in [-0.2, -0.15) is 0 Å². The van der Waals surface area contributed by atoms with Crippen molar-refractivity contribution in [3.8, 4) is 0 Å². The third-order valence-corrected chi connectivity index (χ3v) is 3.41. The first kappa shape index (κ1) is 14.0. The summed E-state index contributed by atoms with van der Waals surface area (Å²) in [7, 11) is 0.